The van der Waals surface area contributed by atoms with Crippen molar-refractivity contribution in [2.24, 2.45) is 0 Å². The predicted octanol–water partition coefficient (Wildman–Crippen LogP) is 3.66. The Hall–Kier alpha value is -3.89. The van der Waals surface area contributed by atoms with Crippen molar-refractivity contribution < 1.29 is 9.53 Å². The number of carbonyl (C=O) groups is 1. The van der Waals surface area contributed by atoms with Crippen LogP contribution in [0.5, 0.6) is 11.6 Å². The summed E-state index contributed by atoms with van der Waals surface area (Å²) >= 11 is 6.06. The topological polar surface area (TPSA) is 96.5 Å². The lowest BCUT2D eigenvalue weighted by Gasteiger charge is -2.11. The normalized spacial score (nSPS) is 11.0. The first-order chi connectivity index (χ1) is 14.4. The molecule has 0 radical (unpaired) electrons. The third-order valence-electron chi connectivity index (χ3n) is 4.14. The van der Waals surface area contributed by atoms with Gasteiger partial charge < -0.3 is 10.1 Å². The van der Waals surface area contributed by atoms with Crippen LogP contribution >= 0.6 is 11.6 Å². The molecule has 0 aliphatic carbocycles. The molecule has 3 aromatic rings. The van der Waals surface area contributed by atoms with E-state index in [0.717, 1.165) is 5.56 Å². The van der Waals surface area contributed by atoms with Crippen molar-refractivity contribution in [3.05, 3.63) is 87.3 Å². The minimum atomic E-state index is -0.636. The SMILES string of the molecule is C=CCNC(=O)/C(C#N)=C/c1c(Oc2ccc(Cl)c(C)c2)nc2ccccn2c1=O. The highest BCUT2D eigenvalue weighted by Gasteiger charge is 2.17. The molecule has 2 heterocycles. The number of rotatable bonds is 6. The Morgan fingerprint density at radius 1 is 1.40 bits per heavy atom. The molecule has 0 atom stereocenters. The minimum absolute atomic E-state index is 0.0304. The molecule has 7 nitrogen and oxygen atoms in total. The van der Waals surface area contributed by atoms with Gasteiger partial charge in [-0.25, -0.2) is 0 Å². The van der Waals surface area contributed by atoms with Crippen molar-refractivity contribution >= 4 is 29.2 Å². The summed E-state index contributed by atoms with van der Waals surface area (Å²) < 4.78 is 7.16. The summed E-state index contributed by atoms with van der Waals surface area (Å²) in [6, 6.07) is 11.9. The van der Waals surface area contributed by atoms with E-state index in [-0.39, 0.29) is 23.6 Å². The van der Waals surface area contributed by atoms with Gasteiger partial charge in [0.2, 0.25) is 5.88 Å². The molecule has 3 rings (SSSR count). The van der Waals surface area contributed by atoms with Gasteiger partial charge in [-0.1, -0.05) is 23.7 Å². The zero-order valence-electron chi connectivity index (χ0n) is 16.1. The maximum absolute atomic E-state index is 13.1. The van der Waals surface area contributed by atoms with Crippen molar-refractivity contribution in [1.29, 1.82) is 5.26 Å². The highest BCUT2D eigenvalue weighted by Crippen LogP contribution is 2.27. The van der Waals surface area contributed by atoms with Crippen LogP contribution in [0.4, 0.5) is 0 Å². The highest BCUT2D eigenvalue weighted by molar-refractivity contribution is 6.31. The number of hydrogen-bond acceptors (Lipinski definition) is 5. The van der Waals surface area contributed by atoms with E-state index in [1.54, 1.807) is 42.6 Å². The van der Waals surface area contributed by atoms with E-state index in [0.29, 0.717) is 16.4 Å². The van der Waals surface area contributed by atoms with Crippen LogP contribution in [0.1, 0.15) is 11.1 Å². The van der Waals surface area contributed by atoms with E-state index in [1.807, 2.05) is 13.0 Å². The number of benzene rings is 1. The molecular weight excluding hydrogens is 404 g/mol. The second-order valence-electron chi connectivity index (χ2n) is 6.25. The molecular formula is C22H17ClN4O3. The summed E-state index contributed by atoms with van der Waals surface area (Å²) in [5, 5.41) is 12.5. The van der Waals surface area contributed by atoms with E-state index in [4.69, 9.17) is 16.3 Å². The van der Waals surface area contributed by atoms with E-state index in [9.17, 15) is 14.9 Å². The summed E-state index contributed by atoms with van der Waals surface area (Å²) in [4.78, 5) is 29.7. The third-order valence-corrected chi connectivity index (χ3v) is 4.56. The number of nitriles is 1. The van der Waals surface area contributed by atoms with Crippen molar-refractivity contribution in [3.8, 4) is 17.7 Å². The van der Waals surface area contributed by atoms with Crippen LogP contribution < -0.4 is 15.6 Å². The van der Waals surface area contributed by atoms with Crippen molar-refractivity contribution in [3.63, 3.8) is 0 Å². The average Bonchev–Trinajstić information content (AvgIpc) is 2.74. The fourth-order valence-electron chi connectivity index (χ4n) is 2.63. The van der Waals surface area contributed by atoms with Crippen molar-refractivity contribution in [1.82, 2.24) is 14.7 Å². The number of carbonyl (C=O) groups excluding carboxylic acids is 1. The van der Waals surface area contributed by atoms with Gasteiger partial charge in [-0.05, 0) is 48.9 Å². The number of ether oxygens (including phenoxy) is 1. The number of halogens is 1. The maximum Gasteiger partial charge on any atom is 0.269 e. The quantitative estimate of drug-likeness (QED) is 0.373. The van der Waals surface area contributed by atoms with Gasteiger partial charge in [0.25, 0.3) is 11.5 Å². The van der Waals surface area contributed by atoms with Crippen LogP contribution in [-0.4, -0.2) is 21.8 Å². The number of fused-ring (bicyclic) bond motifs is 1. The molecule has 0 spiro atoms. The summed E-state index contributed by atoms with van der Waals surface area (Å²) in [7, 11) is 0. The molecule has 0 fully saturated rings. The van der Waals surface area contributed by atoms with Crippen molar-refractivity contribution in [2.45, 2.75) is 6.92 Å². The molecule has 0 aliphatic heterocycles. The summed E-state index contributed by atoms with van der Waals surface area (Å²) in [5.74, 6) is -0.256. The second-order valence-corrected chi connectivity index (χ2v) is 6.65. The largest absolute Gasteiger partial charge is 0.438 e. The smallest absolute Gasteiger partial charge is 0.269 e. The molecule has 1 amide bonds. The minimum Gasteiger partial charge on any atom is -0.438 e. The third kappa shape index (κ3) is 4.40. The van der Waals surface area contributed by atoms with Gasteiger partial charge in [-0.3, -0.25) is 14.0 Å². The molecule has 2 aromatic heterocycles. The van der Waals surface area contributed by atoms with E-state index in [1.165, 1.54) is 16.6 Å². The Bertz CT molecular complexity index is 1270. The molecule has 0 saturated heterocycles. The average molecular weight is 421 g/mol. The van der Waals surface area contributed by atoms with Crippen LogP contribution in [0.15, 0.2) is 65.6 Å². The Morgan fingerprint density at radius 2 is 2.20 bits per heavy atom. The number of pyridine rings is 1. The van der Waals surface area contributed by atoms with E-state index < -0.39 is 11.5 Å². The van der Waals surface area contributed by atoms with Crippen LogP contribution in [0.3, 0.4) is 0 Å². The van der Waals surface area contributed by atoms with Gasteiger partial charge in [0.1, 0.15) is 28.6 Å². The van der Waals surface area contributed by atoms with E-state index in [2.05, 4.69) is 16.9 Å². The fraction of sp³-hybridized carbons (Fsp3) is 0.0909. The summed E-state index contributed by atoms with van der Waals surface area (Å²) in [5.41, 5.74) is 0.367. The number of aryl methyl sites for hydroxylation is 1. The first-order valence-corrected chi connectivity index (χ1v) is 9.28. The predicted molar refractivity (Wildman–Crippen MR) is 115 cm³/mol. The molecule has 1 N–H and O–H groups in total. The van der Waals surface area contributed by atoms with Gasteiger partial charge in [-0.2, -0.15) is 10.2 Å². The molecule has 30 heavy (non-hydrogen) atoms. The first-order valence-electron chi connectivity index (χ1n) is 8.91. The Labute approximate surface area is 177 Å². The lowest BCUT2D eigenvalue weighted by molar-refractivity contribution is -0.116. The molecule has 0 unspecified atom stereocenters. The number of nitrogens with zero attached hydrogens (tertiary/aromatic N) is 3. The number of nitrogens with one attached hydrogen (secondary N) is 1. The number of aromatic nitrogens is 2. The first kappa shape index (κ1) is 20.8. The Kier molecular flexibility index (Phi) is 6.30. The zero-order chi connectivity index (χ0) is 21.7. The van der Waals surface area contributed by atoms with E-state index >= 15 is 0 Å². The van der Waals surface area contributed by atoms with Gasteiger partial charge in [0, 0.05) is 17.8 Å². The van der Waals surface area contributed by atoms with Crippen LogP contribution in [0.25, 0.3) is 11.7 Å². The molecule has 1 aromatic carbocycles. The van der Waals surface area contributed by atoms with Crippen LogP contribution in [-0.2, 0) is 4.79 Å². The molecule has 0 bridgehead atoms. The molecule has 8 heteroatoms. The lowest BCUT2D eigenvalue weighted by Crippen LogP contribution is -2.25. The lowest BCUT2D eigenvalue weighted by atomic mass is 10.1. The second kappa shape index (κ2) is 9.07. The van der Waals surface area contributed by atoms with Gasteiger partial charge in [-0.15, -0.1) is 6.58 Å². The highest BCUT2D eigenvalue weighted by atomic mass is 35.5. The summed E-state index contributed by atoms with van der Waals surface area (Å²) in [6.45, 7) is 5.51. The molecule has 0 saturated carbocycles. The van der Waals surface area contributed by atoms with Crippen LogP contribution in [0.2, 0.25) is 5.02 Å². The monoisotopic (exact) mass is 420 g/mol. The Balaban J connectivity index is 2.17. The zero-order valence-corrected chi connectivity index (χ0v) is 16.8. The van der Waals surface area contributed by atoms with Gasteiger partial charge >= 0.3 is 0 Å². The summed E-state index contributed by atoms with van der Waals surface area (Å²) in [6.07, 6.45) is 4.20. The number of hydrogen-bond donors (Lipinski definition) is 1. The van der Waals surface area contributed by atoms with Crippen molar-refractivity contribution in [2.75, 3.05) is 6.54 Å². The maximum atomic E-state index is 13.1. The van der Waals surface area contributed by atoms with Gasteiger partial charge in [0.05, 0.1) is 0 Å². The number of amides is 1. The molecule has 0 aliphatic rings. The van der Waals surface area contributed by atoms with Crippen LogP contribution in [0, 0.1) is 18.3 Å². The fourth-order valence-corrected chi connectivity index (χ4v) is 2.75. The molecule has 150 valence electrons. The van der Waals surface area contributed by atoms with Gasteiger partial charge in [0.15, 0.2) is 0 Å². The Morgan fingerprint density at radius 3 is 2.90 bits per heavy atom. The standard InChI is InChI=1S/C22H17ClN4O3/c1-3-9-25-20(28)15(13-24)12-17-21(30-16-7-8-18(23)14(2)11-16)26-19-6-4-5-10-27(19)22(17)29/h3-8,10-12H,1,9H2,2H3,(H,25,28)/b15-12+.